The van der Waals surface area contributed by atoms with Gasteiger partial charge in [-0.05, 0) is 37.5 Å². The molecule has 1 amide bonds. The molecule has 3 fully saturated rings. The van der Waals surface area contributed by atoms with Crippen molar-refractivity contribution in [1.29, 1.82) is 0 Å². The Hall–Kier alpha value is -0.610. The largest absolute Gasteiger partial charge is 0.385 e. The summed E-state index contributed by atoms with van der Waals surface area (Å²) in [7, 11) is 1.76. The molecule has 108 valence electrons. The highest BCUT2D eigenvalue weighted by atomic mass is 16.5. The van der Waals surface area contributed by atoms with Gasteiger partial charge in [0.25, 0.3) is 0 Å². The highest BCUT2D eigenvalue weighted by Crippen LogP contribution is 2.43. The third-order valence-electron chi connectivity index (χ3n) is 5.02. The molecule has 19 heavy (non-hydrogen) atoms. The number of ether oxygens (including phenoxy) is 2. The van der Waals surface area contributed by atoms with Crippen LogP contribution in [0.15, 0.2) is 0 Å². The molecule has 3 rings (SSSR count). The molecule has 0 radical (unpaired) electrons. The molecule has 4 nitrogen and oxygen atoms in total. The fourth-order valence-electron chi connectivity index (χ4n) is 3.59. The van der Waals surface area contributed by atoms with Gasteiger partial charge in [-0.2, -0.15) is 0 Å². The number of rotatable bonds is 4. The number of hydrogen-bond acceptors (Lipinski definition) is 3. The normalized spacial score (nSPS) is 36.1. The Balaban J connectivity index is 1.48. The number of hydrogen-bond donors (Lipinski definition) is 0. The van der Waals surface area contributed by atoms with E-state index in [4.69, 9.17) is 9.47 Å². The highest BCUT2D eigenvalue weighted by Gasteiger charge is 2.52. The minimum absolute atomic E-state index is 0.0234. The molecule has 0 aromatic heterocycles. The summed E-state index contributed by atoms with van der Waals surface area (Å²) in [4.78, 5) is 14.1. The van der Waals surface area contributed by atoms with Gasteiger partial charge < -0.3 is 14.4 Å². The molecule has 2 aliphatic heterocycles. The number of nitrogens with zero attached hydrogens (tertiary/aromatic N) is 1. The number of methoxy groups -OCH3 is 1. The van der Waals surface area contributed by atoms with Crippen LogP contribution in [0, 0.1) is 17.8 Å². The van der Waals surface area contributed by atoms with E-state index in [1.807, 2.05) is 4.90 Å². The molecule has 4 heteroatoms. The first-order chi connectivity index (χ1) is 9.13. The summed E-state index contributed by atoms with van der Waals surface area (Å²) < 4.78 is 11.2. The van der Waals surface area contributed by atoms with Crippen LogP contribution in [0.2, 0.25) is 0 Å². The van der Waals surface area contributed by atoms with Crippen molar-refractivity contribution in [2.24, 2.45) is 17.8 Å². The van der Waals surface area contributed by atoms with E-state index in [1.165, 1.54) is 0 Å². The molecule has 3 aliphatic rings. The lowest BCUT2D eigenvalue weighted by Crippen LogP contribution is -2.67. The summed E-state index contributed by atoms with van der Waals surface area (Å²) in [5.41, 5.74) is -0.0234. The Morgan fingerprint density at radius 3 is 2.84 bits per heavy atom. The lowest BCUT2D eigenvalue weighted by molar-refractivity contribution is -0.190. The molecule has 1 saturated carbocycles. The molecule has 0 aromatic carbocycles. The second kappa shape index (κ2) is 5.06. The number of carbonyl (C=O) groups is 1. The predicted molar refractivity (Wildman–Crippen MR) is 71.8 cm³/mol. The summed E-state index contributed by atoms with van der Waals surface area (Å²) in [6.45, 7) is 5.48. The third kappa shape index (κ3) is 2.65. The van der Waals surface area contributed by atoms with Crippen molar-refractivity contribution < 1.29 is 14.3 Å². The van der Waals surface area contributed by atoms with Crippen molar-refractivity contribution in [2.75, 3.05) is 33.4 Å². The minimum Gasteiger partial charge on any atom is -0.385 e. The van der Waals surface area contributed by atoms with E-state index in [2.05, 4.69) is 6.92 Å². The first kappa shape index (κ1) is 13.4. The first-order valence-electron chi connectivity index (χ1n) is 7.55. The Morgan fingerprint density at radius 1 is 1.47 bits per heavy atom. The number of amides is 1. The van der Waals surface area contributed by atoms with Gasteiger partial charge in [0.2, 0.25) is 5.91 Å². The maximum absolute atomic E-state index is 12.1. The Labute approximate surface area is 115 Å². The van der Waals surface area contributed by atoms with E-state index in [9.17, 15) is 4.79 Å². The topological polar surface area (TPSA) is 38.8 Å². The maximum atomic E-state index is 12.1. The van der Waals surface area contributed by atoms with Gasteiger partial charge in [-0.3, -0.25) is 4.79 Å². The van der Waals surface area contributed by atoms with Gasteiger partial charge in [0.15, 0.2) is 0 Å². The van der Waals surface area contributed by atoms with Gasteiger partial charge in [0.05, 0.1) is 13.1 Å². The van der Waals surface area contributed by atoms with Gasteiger partial charge in [-0.15, -0.1) is 0 Å². The molecular weight excluding hydrogens is 242 g/mol. The van der Waals surface area contributed by atoms with Crippen LogP contribution in [0.4, 0.5) is 0 Å². The quantitative estimate of drug-likeness (QED) is 0.778. The molecule has 2 heterocycles. The standard InChI is InChI=1S/C15H25NO3/c1-11-7-13(11)14(17)16-9-15(10-16)8-12(3-5-18-2)4-6-19-15/h11-13H,3-10H2,1-2H3/t11-,12+,13+/m0/s1. The summed E-state index contributed by atoms with van der Waals surface area (Å²) in [5, 5.41) is 0. The average molecular weight is 267 g/mol. The van der Waals surface area contributed by atoms with Crippen molar-refractivity contribution in [3.05, 3.63) is 0 Å². The van der Waals surface area contributed by atoms with E-state index in [0.717, 1.165) is 52.0 Å². The maximum Gasteiger partial charge on any atom is 0.226 e. The summed E-state index contributed by atoms with van der Waals surface area (Å²) in [5.74, 6) is 1.97. The molecule has 0 aromatic rings. The van der Waals surface area contributed by atoms with Crippen LogP contribution in [-0.2, 0) is 14.3 Å². The lowest BCUT2D eigenvalue weighted by atomic mass is 9.79. The van der Waals surface area contributed by atoms with Crippen molar-refractivity contribution >= 4 is 5.91 Å². The van der Waals surface area contributed by atoms with E-state index in [1.54, 1.807) is 7.11 Å². The number of likely N-dealkylation sites (tertiary alicyclic amines) is 1. The van der Waals surface area contributed by atoms with Gasteiger partial charge in [0.1, 0.15) is 5.60 Å². The van der Waals surface area contributed by atoms with E-state index in [0.29, 0.717) is 23.7 Å². The SMILES string of the molecule is COCC[C@@H]1CCOC2(C1)CN(C(=O)[C@@H]1C[C@@H]1C)C2. The van der Waals surface area contributed by atoms with Gasteiger partial charge in [-0.1, -0.05) is 6.92 Å². The Bertz CT molecular complexity index is 351. The zero-order chi connectivity index (χ0) is 13.5. The monoisotopic (exact) mass is 267 g/mol. The Kier molecular flexibility index (Phi) is 3.56. The molecule has 1 aliphatic carbocycles. The minimum atomic E-state index is -0.0234. The van der Waals surface area contributed by atoms with Crippen LogP contribution in [0.5, 0.6) is 0 Å². The van der Waals surface area contributed by atoms with Crippen molar-refractivity contribution in [3.8, 4) is 0 Å². The van der Waals surface area contributed by atoms with Crippen molar-refractivity contribution in [3.63, 3.8) is 0 Å². The smallest absolute Gasteiger partial charge is 0.226 e. The van der Waals surface area contributed by atoms with Crippen LogP contribution in [0.3, 0.4) is 0 Å². The van der Waals surface area contributed by atoms with E-state index in [-0.39, 0.29) is 5.60 Å². The molecule has 0 N–H and O–H groups in total. The summed E-state index contributed by atoms with van der Waals surface area (Å²) >= 11 is 0. The molecule has 0 bridgehead atoms. The summed E-state index contributed by atoms with van der Waals surface area (Å²) in [6.07, 6.45) is 4.44. The molecule has 2 saturated heterocycles. The molecule has 3 atom stereocenters. The fraction of sp³-hybridized carbons (Fsp3) is 0.933. The van der Waals surface area contributed by atoms with Gasteiger partial charge >= 0.3 is 0 Å². The zero-order valence-electron chi connectivity index (χ0n) is 12.1. The second-order valence-corrected chi connectivity index (χ2v) is 6.69. The van der Waals surface area contributed by atoms with Crippen LogP contribution < -0.4 is 0 Å². The third-order valence-corrected chi connectivity index (χ3v) is 5.02. The van der Waals surface area contributed by atoms with E-state index < -0.39 is 0 Å². The van der Waals surface area contributed by atoms with Crippen LogP contribution in [0.1, 0.15) is 32.6 Å². The van der Waals surface area contributed by atoms with Gasteiger partial charge in [-0.25, -0.2) is 0 Å². The fourth-order valence-corrected chi connectivity index (χ4v) is 3.59. The van der Waals surface area contributed by atoms with E-state index >= 15 is 0 Å². The lowest BCUT2D eigenvalue weighted by Gasteiger charge is -2.53. The average Bonchev–Trinajstić information content (AvgIpc) is 3.10. The molecular formula is C15H25NO3. The molecule has 0 unspecified atom stereocenters. The Morgan fingerprint density at radius 2 is 2.21 bits per heavy atom. The first-order valence-corrected chi connectivity index (χ1v) is 7.55. The second-order valence-electron chi connectivity index (χ2n) is 6.69. The van der Waals surface area contributed by atoms with Gasteiger partial charge in [0, 0.05) is 26.2 Å². The van der Waals surface area contributed by atoms with Crippen LogP contribution >= 0.6 is 0 Å². The number of carbonyl (C=O) groups excluding carboxylic acids is 1. The highest BCUT2D eigenvalue weighted by molar-refractivity contribution is 5.82. The summed E-state index contributed by atoms with van der Waals surface area (Å²) in [6, 6.07) is 0. The van der Waals surface area contributed by atoms with Crippen LogP contribution in [0.25, 0.3) is 0 Å². The van der Waals surface area contributed by atoms with Crippen LogP contribution in [-0.4, -0.2) is 49.8 Å². The zero-order valence-corrected chi connectivity index (χ0v) is 12.1. The molecule has 1 spiro atoms. The van der Waals surface area contributed by atoms with Crippen molar-refractivity contribution in [1.82, 2.24) is 4.90 Å². The van der Waals surface area contributed by atoms with Crippen molar-refractivity contribution in [2.45, 2.75) is 38.2 Å². The predicted octanol–water partition coefficient (Wildman–Crippen LogP) is 1.69.